The van der Waals surface area contributed by atoms with Crippen molar-refractivity contribution in [2.45, 2.75) is 38.9 Å². The van der Waals surface area contributed by atoms with Gasteiger partial charge < -0.3 is 19.5 Å². The van der Waals surface area contributed by atoms with Crippen LogP contribution in [0.5, 0.6) is 5.75 Å². The Hall–Kier alpha value is -3.39. The molecule has 4 rings (SSSR count). The average Bonchev–Trinajstić information content (AvgIpc) is 3.45. The van der Waals surface area contributed by atoms with Crippen LogP contribution in [0.3, 0.4) is 0 Å². The maximum absolute atomic E-state index is 14.1. The number of nitrogens with zero attached hydrogens (tertiary/aromatic N) is 2. The van der Waals surface area contributed by atoms with Crippen LogP contribution in [0.2, 0.25) is 5.02 Å². The molecule has 1 fully saturated rings. The summed E-state index contributed by atoms with van der Waals surface area (Å²) in [5, 5.41) is 3.45. The SMILES string of the molecule is COc1ccc2c(C(C)=O)cn(CC(=O)N3CCC[C@H]3C(=O)NCc3cccc(Cl)c3F)c2c1. The Balaban J connectivity index is 1.50. The highest BCUT2D eigenvalue weighted by Crippen LogP contribution is 2.27. The van der Waals surface area contributed by atoms with Crippen LogP contribution in [0.4, 0.5) is 4.39 Å². The number of carbonyl (C=O) groups is 3. The van der Waals surface area contributed by atoms with Gasteiger partial charge in [-0.2, -0.15) is 0 Å². The van der Waals surface area contributed by atoms with E-state index < -0.39 is 11.9 Å². The van der Waals surface area contributed by atoms with Crippen molar-refractivity contribution in [3.63, 3.8) is 0 Å². The highest BCUT2D eigenvalue weighted by molar-refractivity contribution is 6.30. The van der Waals surface area contributed by atoms with E-state index in [1.54, 1.807) is 53.1 Å². The van der Waals surface area contributed by atoms with Gasteiger partial charge in [0.05, 0.1) is 17.6 Å². The minimum absolute atomic E-state index is 0.00932. The summed E-state index contributed by atoms with van der Waals surface area (Å²) < 4.78 is 21.1. The second kappa shape index (κ2) is 9.85. The minimum atomic E-state index is -0.640. The third-order valence-corrected chi connectivity index (χ3v) is 6.43. The van der Waals surface area contributed by atoms with E-state index in [1.807, 2.05) is 0 Å². The summed E-state index contributed by atoms with van der Waals surface area (Å²) in [7, 11) is 1.55. The number of ketones is 1. The predicted molar refractivity (Wildman–Crippen MR) is 126 cm³/mol. The molecule has 1 N–H and O–H groups in total. The van der Waals surface area contributed by atoms with Crippen molar-refractivity contribution in [1.82, 2.24) is 14.8 Å². The zero-order chi connectivity index (χ0) is 24.4. The molecule has 0 spiro atoms. The summed E-state index contributed by atoms with van der Waals surface area (Å²) in [5.41, 5.74) is 1.50. The van der Waals surface area contributed by atoms with Gasteiger partial charge in [0, 0.05) is 41.9 Å². The molecule has 1 aliphatic heterocycles. The van der Waals surface area contributed by atoms with Crippen LogP contribution in [-0.4, -0.2) is 46.8 Å². The number of hydrogen-bond acceptors (Lipinski definition) is 4. The summed E-state index contributed by atoms with van der Waals surface area (Å²) in [5.74, 6) is -0.635. The number of nitrogens with one attached hydrogen (secondary N) is 1. The number of Topliss-reactive ketones (excluding diaryl/α,β-unsaturated/α-hetero) is 1. The van der Waals surface area contributed by atoms with Gasteiger partial charge in [-0.1, -0.05) is 23.7 Å². The van der Waals surface area contributed by atoms with Crippen LogP contribution in [0, 0.1) is 5.82 Å². The number of halogens is 2. The molecular formula is C25H25ClFN3O4. The molecular weight excluding hydrogens is 461 g/mol. The Bertz CT molecular complexity index is 1270. The molecule has 2 amide bonds. The lowest BCUT2D eigenvalue weighted by molar-refractivity contribution is -0.138. The van der Waals surface area contributed by atoms with Crippen LogP contribution in [-0.2, 0) is 22.7 Å². The maximum Gasteiger partial charge on any atom is 0.243 e. The van der Waals surface area contributed by atoms with E-state index in [9.17, 15) is 18.8 Å². The summed E-state index contributed by atoms with van der Waals surface area (Å²) >= 11 is 5.81. The molecule has 0 unspecified atom stereocenters. The second-order valence-corrected chi connectivity index (χ2v) is 8.69. The monoisotopic (exact) mass is 485 g/mol. The first-order chi connectivity index (χ1) is 16.3. The van der Waals surface area contributed by atoms with Gasteiger partial charge in [0.2, 0.25) is 11.8 Å². The molecule has 1 aromatic heterocycles. The van der Waals surface area contributed by atoms with Crippen molar-refractivity contribution in [1.29, 1.82) is 0 Å². The Kier molecular flexibility index (Phi) is 6.88. The fourth-order valence-electron chi connectivity index (χ4n) is 4.37. The number of amides is 2. The average molecular weight is 486 g/mol. The van der Waals surface area contributed by atoms with Crippen LogP contribution in [0.25, 0.3) is 10.9 Å². The molecule has 34 heavy (non-hydrogen) atoms. The number of hydrogen-bond donors (Lipinski definition) is 1. The number of aromatic nitrogens is 1. The zero-order valence-electron chi connectivity index (χ0n) is 18.9. The number of carbonyl (C=O) groups excluding carboxylic acids is 3. The summed E-state index contributed by atoms with van der Waals surface area (Å²) in [6, 6.07) is 9.32. The van der Waals surface area contributed by atoms with Crippen molar-refractivity contribution in [2.75, 3.05) is 13.7 Å². The van der Waals surface area contributed by atoms with E-state index in [0.717, 1.165) is 5.39 Å². The molecule has 0 aliphatic carbocycles. The summed E-state index contributed by atoms with van der Waals surface area (Å²) in [6.45, 7) is 1.89. The highest BCUT2D eigenvalue weighted by atomic mass is 35.5. The van der Waals surface area contributed by atoms with Crippen molar-refractivity contribution < 1.29 is 23.5 Å². The number of benzene rings is 2. The van der Waals surface area contributed by atoms with E-state index in [0.29, 0.717) is 36.2 Å². The molecule has 0 radical (unpaired) electrons. The number of methoxy groups -OCH3 is 1. The van der Waals surface area contributed by atoms with Crippen LogP contribution in [0.1, 0.15) is 35.7 Å². The van der Waals surface area contributed by atoms with Crippen molar-refractivity contribution >= 4 is 40.1 Å². The van der Waals surface area contributed by atoms with Gasteiger partial charge in [0.1, 0.15) is 24.2 Å². The molecule has 1 saturated heterocycles. The Labute approximate surface area is 201 Å². The van der Waals surface area contributed by atoms with Gasteiger partial charge in [0.15, 0.2) is 5.78 Å². The van der Waals surface area contributed by atoms with Gasteiger partial charge in [-0.3, -0.25) is 14.4 Å². The fraction of sp³-hybridized carbons (Fsp3) is 0.320. The standard InChI is InChI=1S/C25H25ClFN3O4/c1-15(31)19-13-29(22-11-17(34-2)8-9-18(19)22)14-23(32)30-10-4-7-21(30)25(33)28-12-16-5-3-6-20(26)24(16)27/h3,5-6,8-9,11,13,21H,4,7,10,12,14H2,1-2H3,(H,28,33)/t21-/m0/s1. The molecule has 9 heteroatoms. The van der Waals surface area contributed by atoms with Crippen LogP contribution < -0.4 is 10.1 Å². The fourth-order valence-corrected chi connectivity index (χ4v) is 4.56. The predicted octanol–water partition coefficient (Wildman–Crippen LogP) is 3.95. The van der Waals surface area contributed by atoms with Crippen LogP contribution in [0.15, 0.2) is 42.6 Å². The van der Waals surface area contributed by atoms with E-state index in [-0.39, 0.29) is 41.3 Å². The highest BCUT2D eigenvalue weighted by Gasteiger charge is 2.34. The third-order valence-electron chi connectivity index (χ3n) is 6.13. The van der Waals surface area contributed by atoms with Gasteiger partial charge in [0.25, 0.3) is 0 Å². The lowest BCUT2D eigenvalue weighted by Gasteiger charge is -2.24. The Morgan fingerprint density at radius 3 is 2.76 bits per heavy atom. The molecule has 178 valence electrons. The molecule has 7 nitrogen and oxygen atoms in total. The third kappa shape index (κ3) is 4.63. The van der Waals surface area contributed by atoms with Gasteiger partial charge in [-0.05, 0) is 38.0 Å². The zero-order valence-corrected chi connectivity index (χ0v) is 19.7. The number of likely N-dealkylation sites (tertiary alicyclic amines) is 1. The second-order valence-electron chi connectivity index (χ2n) is 8.29. The largest absolute Gasteiger partial charge is 0.497 e. The first kappa shape index (κ1) is 23.8. The molecule has 0 bridgehead atoms. The quantitative estimate of drug-likeness (QED) is 0.514. The van der Waals surface area contributed by atoms with Gasteiger partial charge in [-0.25, -0.2) is 4.39 Å². The van der Waals surface area contributed by atoms with Crippen LogP contribution >= 0.6 is 11.6 Å². The molecule has 2 heterocycles. The summed E-state index contributed by atoms with van der Waals surface area (Å²) in [6.07, 6.45) is 2.88. The molecule has 0 saturated carbocycles. The topological polar surface area (TPSA) is 80.6 Å². The van der Waals surface area contributed by atoms with E-state index in [4.69, 9.17) is 16.3 Å². The smallest absolute Gasteiger partial charge is 0.243 e. The molecule has 3 aromatic rings. The Morgan fingerprint density at radius 1 is 1.24 bits per heavy atom. The maximum atomic E-state index is 14.1. The lowest BCUT2D eigenvalue weighted by Crippen LogP contribution is -2.46. The number of ether oxygens (including phenoxy) is 1. The van der Waals surface area contributed by atoms with Crippen molar-refractivity contribution in [3.05, 3.63) is 64.6 Å². The minimum Gasteiger partial charge on any atom is -0.497 e. The summed E-state index contributed by atoms with van der Waals surface area (Å²) in [4.78, 5) is 39.7. The Morgan fingerprint density at radius 2 is 2.03 bits per heavy atom. The molecule has 1 aliphatic rings. The number of rotatable bonds is 7. The van der Waals surface area contributed by atoms with E-state index >= 15 is 0 Å². The first-order valence-corrected chi connectivity index (χ1v) is 11.4. The normalized spacial score (nSPS) is 15.5. The molecule has 1 atom stereocenters. The number of fused-ring (bicyclic) bond motifs is 1. The molecule has 2 aromatic carbocycles. The van der Waals surface area contributed by atoms with Crippen molar-refractivity contribution in [2.24, 2.45) is 0 Å². The van der Waals surface area contributed by atoms with Gasteiger partial charge >= 0.3 is 0 Å². The lowest BCUT2D eigenvalue weighted by atomic mass is 10.1. The van der Waals surface area contributed by atoms with Gasteiger partial charge in [-0.15, -0.1) is 0 Å². The van der Waals surface area contributed by atoms with E-state index in [1.165, 1.54) is 13.0 Å². The van der Waals surface area contributed by atoms with Crippen molar-refractivity contribution in [3.8, 4) is 5.75 Å². The first-order valence-electron chi connectivity index (χ1n) is 11.0. The van der Waals surface area contributed by atoms with E-state index in [2.05, 4.69) is 5.32 Å².